The molecule has 8 nitrogen and oxygen atoms in total. The van der Waals surface area contributed by atoms with Crippen LogP contribution in [0.3, 0.4) is 0 Å². The summed E-state index contributed by atoms with van der Waals surface area (Å²) in [7, 11) is 1.86. The predicted octanol–water partition coefficient (Wildman–Crippen LogP) is 4.51. The Morgan fingerprint density at radius 2 is 2.06 bits per heavy atom. The highest BCUT2D eigenvalue weighted by molar-refractivity contribution is 5.74. The van der Waals surface area contributed by atoms with Crippen molar-refractivity contribution in [2.75, 3.05) is 18.4 Å². The third kappa shape index (κ3) is 5.50. The number of amides is 2. The van der Waals surface area contributed by atoms with Crippen LogP contribution in [-0.2, 0) is 13.6 Å². The largest absolute Gasteiger partial charge is 0.334 e. The van der Waals surface area contributed by atoms with Gasteiger partial charge in [-0.15, -0.1) is 0 Å². The van der Waals surface area contributed by atoms with Crippen LogP contribution in [0, 0.1) is 18.3 Å². The number of carbonyl (C=O) groups excluding carboxylic acids is 1. The number of urea groups is 1. The van der Waals surface area contributed by atoms with Gasteiger partial charge in [0.05, 0.1) is 17.6 Å². The molecule has 1 aliphatic heterocycles. The number of likely N-dealkylation sites (tertiary alicyclic amines) is 1. The van der Waals surface area contributed by atoms with Crippen molar-refractivity contribution in [1.29, 1.82) is 0 Å². The Labute approximate surface area is 195 Å². The lowest BCUT2D eigenvalue weighted by molar-refractivity contribution is 0.196. The van der Waals surface area contributed by atoms with Gasteiger partial charge in [-0.05, 0) is 47.9 Å². The molecular formula is C25H33N7O. The van der Waals surface area contributed by atoms with Crippen molar-refractivity contribution in [2.24, 2.45) is 18.4 Å². The maximum atomic E-state index is 12.7. The Hall–Kier alpha value is -3.42. The van der Waals surface area contributed by atoms with Crippen LogP contribution in [-0.4, -0.2) is 43.8 Å². The molecule has 3 heterocycles. The Kier molecular flexibility index (Phi) is 6.35. The molecule has 2 aromatic heterocycles. The minimum Gasteiger partial charge on any atom is -0.334 e. The summed E-state index contributed by atoms with van der Waals surface area (Å²) in [6, 6.07) is 8.11. The number of nitrogens with one attached hydrogen (secondary N) is 2. The van der Waals surface area contributed by atoms with Gasteiger partial charge in [0.1, 0.15) is 0 Å². The first-order valence-corrected chi connectivity index (χ1v) is 11.4. The molecule has 0 saturated carbocycles. The van der Waals surface area contributed by atoms with E-state index in [1.807, 2.05) is 30.3 Å². The van der Waals surface area contributed by atoms with Gasteiger partial charge >= 0.3 is 6.03 Å². The molecule has 1 aliphatic rings. The first-order valence-electron chi connectivity index (χ1n) is 11.4. The molecule has 2 amide bonds. The zero-order valence-corrected chi connectivity index (χ0v) is 20.1. The molecule has 1 saturated heterocycles. The Balaban J connectivity index is 1.38. The van der Waals surface area contributed by atoms with E-state index in [0.717, 1.165) is 47.6 Å². The molecule has 2 N–H and O–H groups in total. The van der Waals surface area contributed by atoms with E-state index in [4.69, 9.17) is 0 Å². The maximum Gasteiger partial charge on any atom is 0.317 e. The molecule has 33 heavy (non-hydrogen) atoms. The zero-order valence-electron chi connectivity index (χ0n) is 20.1. The van der Waals surface area contributed by atoms with Gasteiger partial charge in [0.2, 0.25) is 5.95 Å². The van der Waals surface area contributed by atoms with Gasteiger partial charge in [-0.3, -0.25) is 4.68 Å². The van der Waals surface area contributed by atoms with Crippen molar-refractivity contribution < 1.29 is 4.79 Å². The van der Waals surface area contributed by atoms with Crippen LogP contribution in [0.1, 0.15) is 38.3 Å². The average Bonchev–Trinajstić information content (AvgIpc) is 3.42. The summed E-state index contributed by atoms with van der Waals surface area (Å²) in [5.41, 5.74) is 5.12. The minimum absolute atomic E-state index is 0.0205. The second-order valence-corrected chi connectivity index (χ2v) is 9.89. The number of hydrogen-bond acceptors (Lipinski definition) is 5. The Morgan fingerprint density at radius 3 is 2.73 bits per heavy atom. The van der Waals surface area contributed by atoms with E-state index in [1.165, 1.54) is 0 Å². The summed E-state index contributed by atoms with van der Waals surface area (Å²) in [4.78, 5) is 23.5. The fourth-order valence-corrected chi connectivity index (χ4v) is 4.18. The molecule has 1 fully saturated rings. The van der Waals surface area contributed by atoms with Gasteiger partial charge in [0.15, 0.2) is 0 Å². The second kappa shape index (κ2) is 9.21. The highest BCUT2D eigenvalue weighted by Gasteiger charge is 2.33. The topological polar surface area (TPSA) is 88.0 Å². The molecule has 0 radical (unpaired) electrons. The van der Waals surface area contributed by atoms with Crippen LogP contribution >= 0.6 is 0 Å². The molecule has 0 aliphatic carbocycles. The fourth-order valence-electron chi connectivity index (χ4n) is 4.18. The zero-order chi connectivity index (χ0) is 23.6. The third-order valence-electron chi connectivity index (χ3n) is 6.39. The first kappa shape index (κ1) is 22.8. The van der Waals surface area contributed by atoms with E-state index in [9.17, 15) is 4.79 Å². The number of aromatic nitrogens is 4. The molecule has 1 atom stereocenters. The standard InChI is InChI=1S/C25H33N7O/c1-17-12-18(22-8-10-26-23(30-22)29-21-14-28-31(5)16-21)6-7-19(17)13-27-24(33)32-11-9-20(15-32)25(2,3)4/h6-8,10,12,14,16,20H,9,11,13,15H2,1-5H3,(H,27,33)(H,26,29,30)/t20-/m1/s1. The number of nitrogens with zero attached hydrogens (tertiary/aromatic N) is 5. The normalized spacial score (nSPS) is 16.2. The Morgan fingerprint density at radius 1 is 1.24 bits per heavy atom. The average molecular weight is 448 g/mol. The smallest absolute Gasteiger partial charge is 0.317 e. The van der Waals surface area contributed by atoms with E-state index < -0.39 is 0 Å². The van der Waals surface area contributed by atoms with Crippen molar-refractivity contribution in [3.05, 3.63) is 54.0 Å². The van der Waals surface area contributed by atoms with E-state index >= 15 is 0 Å². The van der Waals surface area contributed by atoms with Crippen molar-refractivity contribution >= 4 is 17.7 Å². The van der Waals surface area contributed by atoms with Gasteiger partial charge in [-0.25, -0.2) is 14.8 Å². The van der Waals surface area contributed by atoms with Crippen LogP contribution in [0.25, 0.3) is 11.3 Å². The minimum atomic E-state index is 0.0205. The monoisotopic (exact) mass is 447 g/mol. The number of benzene rings is 1. The number of hydrogen-bond donors (Lipinski definition) is 2. The van der Waals surface area contributed by atoms with Crippen LogP contribution < -0.4 is 10.6 Å². The molecule has 0 bridgehead atoms. The molecule has 4 rings (SSSR count). The molecule has 1 aromatic carbocycles. The van der Waals surface area contributed by atoms with Gasteiger partial charge in [0, 0.05) is 44.6 Å². The van der Waals surface area contributed by atoms with Crippen LogP contribution in [0.2, 0.25) is 0 Å². The van der Waals surface area contributed by atoms with Crippen molar-refractivity contribution in [3.8, 4) is 11.3 Å². The highest BCUT2D eigenvalue weighted by Crippen LogP contribution is 2.33. The summed E-state index contributed by atoms with van der Waals surface area (Å²) in [5.74, 6) is 1.07. The summed E-state index contributed by atoms with van der Waals surface area (Å²) in [5, 5.41) is 10.4. The molecular weight excluding hydrogens is 414 g/mol. The van der Waals surface area contributed by atoms with Crippen LogP contribution in [0.15, 0.2) is 42.9 Å². The lowest BCUT2D eigenvalue weighted by Gasteiger charge is -2.27. The summed E-state index contributed by atoms with van der Waals surface area (Å²) < 4.78 is 1.72. The number of carbonyl (C=O) groups is 1. The van der Waals surface area contributed by atoms with Gasteiger partial charge in [0.25, 0.3) is 0 Å². The predicted molar refractivity (Wildman–Crippen MR) is 130 cm³/mol. The lowest BCUT2D eigenvalue weighted by Crippen LogP contribution is -2.39. The molecule has 3 aromatic rings. The quantitative estimate of drug-likeness (QED) is 0.601. The van der Waals surface area contributed by atoms with Gasteiger partial charge < -0.3 is 15.5 Å². The SMILES string of the molecule is Cc1cc(-c2ccnc(Nc3cnn(C)c3)n2)ccc1CNC(=O)N1CC[C@@H](C(C)(C)C)C1. The summed E-state index contributed by atoms with van der Waals surface area (Å²) >= 11 is 0. The fraction of sp³-hybridized carbons (Fsp3) is 0.440. The van der Waals surface area contributed by atoms with Crippen LogP contribution in [0.5, 0.6) is 0 Å². The number of rotatable bonds is 5. The molecule has 0 spiro atoms. The third-order valence-corrected chi connectivity index (χ3v) is 6.39. The molecule has 8 heteroatoms. The number of aryl methyl sites for hydroxylation is 2. The van der Waals surface area contributed by atoms with E-state index in [0.29, 0.717) is 18.4 Å². The number of anilines is 2. The van der Waals surface area contributed by atoms with E-state index in [2.05, 4.69) is 65.5 Å². The van der Waals surface area contributed by atoms with E-state index in [-0.39, 0.29) is 11.4 Å². The summed E-state index contributed by atoms with van der Waals surface area (Å²) in [6.45, 7) is 11.0. The summed E-state index contributed by atoms with van der Waals surface area (Å²) in [6.07, 6.45) is 6.41. The van der Waals surface area contributed by atoms with Crippen molar-refractivity contribution in [2.45, 2.75) is 40.7 Å². The van der Waals surface area contributed by atoms with E-state index in [1.54, 1.807) is 17.1 Å². The van der Waals surface area contributed by atoms with Crippen LogP contribution in [0.4, 0.5) is 16.4 Å². The highest BCUT2D eigenvalue weighted by atomic mass is 16.2. The Bertz CT molecular complexity index is 1130. The molecule has 174 valence electrons. The molecule has 0 unspecified atom stereocenters. The maximum absolute atomic E-state index is 12.7. The second-order valence-electron chi connectivity index (χ2n) is 9.89. The van der Waals surface area contributed by atoms with Gasteiger partial charge in [-0.1, -0.05) is 32.9 Å². The van der Waals surface area contributed by atoms with Crippen molar-refractivity contribution in [3.63, 3.8) is 0 Å². The lowest BCUT2D eigenvalue weighted by atomic mass is 9.80. The van der Waals surface area contributed by atoms with Gasteiger partial charge in [-0.2, -0.15) is 5.10 Å². The van der Waals surface area contributed by atoms with Crippen molar-refractivity contribution in [1.82, 2.24) is 30.0 Å². The first-order chi connectivity index (χ1) is 15.7.